The Balaban J connectivity index is 1.39. The molecule has 3 heterocycles. The zero-order chi connectivity index (χ0) is 30.4. The van der Waals surface area contributed by atoms with E-state index in [-0.39, 0.29) is 12.3 Å². The van der Waals surface area contributed by atoms with E-state index in [0.717, 1.165) is 67.3 Å². The van der Waals surface area contributed by atoms with Gasteiger partial charge in [-0.1, -0.05) is 13.8 Å². The second-order valence-corrected chi connectivity index (χ2v) is 12.2. The minimum atomic E-state index is -4.59. The number of morpholine rings is 1. The summed E-state index contributed by atoms with van der Waals surface area (Å²) in [6.07, 6.45) is 1.44. The van der Waals surface area contributed by atoms with Crippen LogP contribution in [-0.4, -0.2) is 49.0 Å². The maximum atomic E-state index is 13.9. The van der Waals surface area contributed by atoms with Crippen LogP contribution >= 0.6 is 11.3 Å². The van der Waals surface area contributed by atoms with Gasteiger partial charge in [-0.15, -0.1) is 11.3 Å². The normalized spacial score (nSPS) is 16.2. The van der Waals surface area contributed by atoms with Crippen LogP contribution in [0.3, 0.4) is 0 Å². The molecule has 12 heteroatoms. The van der Waals surface area contributed by atoms with E-state index >= 15 is 0 Å². The molecule has 2 N–H and O–H groups in total. The third-order valence-corrected chi connectivity index (χ3v) is 8.79. The van der Waals surface area contributed by atoms with Gasteiger partial charge in [-0.25, -0.2) is 14.8 Å². The number of thiazole rings is 1. The maximum absolute atomic E-state index is 13.9. The van der Waals surface area contributed by atoms with E-state index < -0.39 is 23.9 Å². The summed E-state index contributed by atoms with van der Waals surface area (Å²) in [7, 11) is 0. The highest BCUT2D eigenvalue weighted by molar-refractivity contribution is 7.11. The molecule has 1 aliphatic carbocycles. The Labute approximate surface area is 254 Å². The molecule has 1 saturated heterocycles. The summed E-state index contributed by atoms with van der Waals surface area (Å²) < 4.78 is 52.4. The highest BCUT2D eigenvalue weighted by atomic mass is 32.1. The molecular weight excluding hydrogens is 579 g/mol. The molecule has 0 bridgehead atoms. The molecule has 2 aromatic heterocycles. The van der Waals surface area contributed by atoms with E-state index in [1.54, 1.807) is 17.4 Å². The molecule has 1 unspecified atom stereocenters. The number of nitrogens with one attached hydrogen (secondary N) is 2. The van der Waals surface area contributed by atoms with E-state index in [4.69, 9.17) is 14.5 Å². The van der Waals surface area contributed by atoms with Crippen molar-refractivity contribution in [2.45, 2.75) is 64.6 Å². The van der Waals surface area contributed by atoms with E-state index in [2.05, 4.69) is 33.5 Å². The van der Waals surface area contributed by atoms with Gasteiger partial charge in [-0.2, -0.15) is 13.2 Å². The van der Waals surface area contributed by atoms with Crippen LogP contribution in [0.15, 0.2) is 36.5 Å². The number of anilines is 3. The van der Waals surface area contributed by atoms with Crippen LogP contribution in [0.5, 0.6) is 0 Å². The zero-order valence-corrected chi connectivity index (χ0v) is 25.3. The fourth-order valence-electron chi connectivity index (χ4n) is 4.96. The molecule has 0 radical (unpaired) electrons. The van der Waals surface area contributed by atoms with Gasteiger partial charge >= 0.3 is 12.3 Å². The molecular formula is C31H38F3N5O3S. The number of alkyl halides is 3. The summed E-state index contributed by atoms with van der Waals surface area (Å²) in [4.78, 5) is 25.2. The first-order chi connectivity index (χ1) is 20.7. The minimum Gasteiger partial charge on any atom is -0.449 e. The number of ether oxygens (including phenoxy) is 2. The molecule has 1 saturated carbocycles. The van der Waals surface area contributed by atoms with Gasteiger partial charge in [0.2, 0.25) is 0 Å². The Morgan fingerprint density at radius 3 is 2.60 bits per heavy atom. The molecule has 8 nitrogen and oxygen atoms in total. The van der Waals surface area contributed by atoms with Gasteiger partial charge in [0.05, 0.1) is 36.4 Å². The molecule has 232 valence electrons. The van der Waals surface area contributed by atoms with Crippen molar-refractivity contribution in [1.82, 2.24) is 9.97 Å². The van der Waals surface area contributed by atoms with Crippen LogP contribution in [0.2, 0.25) is 0 Å². The number of pyridine rings is 1. The molecule has 2 fully saturated rings. The number of aryl methyl sites for hydroxylation is 3. The first kappa shape index (κ1) is 31.1. The Morgan fingerprint density at radius 2 is 1.93 bits per heavy atom. The highest BCUT2D eigenvalue weighted by Crippen LogP contribution is 2.36. The van der Waals surface area contributed by atoms with Crippen LogP contribution in [-0.2, 0) is 34.9 Å². The molecule has 1 amide bonds. The monoisotopic (exact) mass is 617 g/mol. The number of nitrogens with zero attached hydrogens (tertiary/aromatic N) is 3. The second-order valence-electron chi connectivity index (χ2n) is 11.0. The Bertz CT molecular complexity index is 1390. The summed E-state index contributed by atoms with van der Waals surface area (Å²) in [5.74, 6) is 0.924. The van der Waals surface area contributed by atoms with Crippen molar-refractivity contribution in [3.05, 3.63) is 63.2 Å². The fourth-order valence-corrected chi connectivity index (χ4v) is 5.82. The summed E-state index contributed by atoms with van der Waals surface area (Å²) in [5.41, 5.74) is 1.46. The van der Waals surface area contributed by atoms with Gasteiger partial charge in [0, 0.05) is 53.7 Å². The van der Waals surface area contributed by atoms with Crippen LogP contribution < -0.4 is 15.5 Å². The second kappa shape index (κ2) is 13.9. The number of hydrogen-bond donors (Lipinski definition) is 2. The SMILES string of the molecule is CCc1cnc(CCc2cc(N3CCOCC3)cc(NC(CC)c3cc(NC(=O)OCC4CC4)cc(C(F)(F)F)c3)n2)s1. The fraction of sp³-hybridized carbons (Fsp3) is 0.516. The van der Waals surface area contributed by atoms with E-state index in [1.807, 2.05) is 19.2 Å². The minimum absolute atomic E-state index is 0.0384. The first-order valence-corrected chi connectivity index (χ1v) is 15.7. The Kier molecular flexibility index (Phi) is 10.1. The van der Waals surface area contributed by atoms with Crippen molar-refractivity contribution >= 4 is 34.6 Å². The summed E-state index contributed by atoms with van der Waals surface area (Å²) in [6, 6.07) is 7.16. The lowest BCUT2D eigenvalue weighted by molar-refractivity contribution is -0.137. The number of rotatable bonds is 12. The van der Waals surface area contributed by atoms with Gasteiger partial charge in [0.1, 0.15) is 5.82 Å². The molecule has 2 aliphatic rings. The number of carbonyl (C=O) groups is 1. The van der Waals surface area contributed by atoms with Crippen LogP contribution in [0, 0.1) is 5.92 Å². The molecule has 3 aromatic rings. The van der Waals surface area contributed by atoms with Crippen molar-refractivity contribution < 1.29 is 27.4 Å². The molecule has 1 aromatic carbocycles. The van der Waals surface area contributed by atoms with Gasteiger partial charge in [0.25, 0.3) is 0 Å². The predicted molar refractivity (Wildman–Crippen MR) is 162 cm³/mol. The molecule has 5 rings (SSSR count). The number of amides is 1. The summed E-state index contributed by atoms with van der Waals surface area (Å²) in [6.45, 7) is 7.01. The molecule has 1 atom stereocenters. The maximum Gasteiger partial charge on any atom is 0.416 e. The van der Waals surface area contributed by atoms with Gasteiger partial charge < -0.3 is 19.7 Å². The molecule has 43 heavy (non-hydrogen) atoms. The number of aromatic nitrogens is 2. The van der Waals surface area contributed by atoms with E-state index in [1.165, 1.54) is 4.88 Å². The predicted octanol–water partition coefficient (Wildman–Crippen LogP) is 7.26. The summed E-state index contributed by atoms with van der Waals surface area (Å²) >= 11 is 1.70. The standard InChI is InChI=1S/C31H38F3N5O3S/c1-3-26-18-35-29(43-26)8-7-23-16-25(39-9-11-41-12-10-39)17-28(36-23)38-27(4-2)21-13-22(31(32,33)34)15-24(14-21)37-30(40)42-19-20-5-6-20/h13-18,20,27H,3-12,19H2,1-2H3,(H,36,38)(H,37,40). The zero-order valence-electron chi connectivity index (χ0n) is 24.5. The number of halogens is 3. The number of hydrogen-bond acceptors (Lipinski definition) is 8. The van der Waals surface area contributed by atoms with E-state index in [9.17, 15) is 18.0 Å². The molecule has 0 spiro atoms. The number of carbonyl (C=O) groups excluding carboxylic acids is 1. The lowest BCUT2D eigenvalue weighted by Crippen LogP contribution is -2.36. The smallest absolute Gasteiger partial charge is 0.416 e. The van der Waals surface area contributed by atoms with Gasteiger partial charge in [-0.3, -0.25) is 5.32 Å². The largest absolute Gasteiger partial charge is 0.449 e. The first-order valence-electron chi connectivity index (χ1n) is 14.9. The lowest BCUT2D eigenvalue weighted by Gasteiger charge is -2.30. The van der Waals surface area contributed by atoms with Crippen molar-refractivity contribution in [1.29, 1.82) is 0 Å². The average molecular weight is 618 g/mol. The summed E-state index contributed by atoms with van der Waals surface area (Å²) in [5, 5.41) is 6.93. The topological polar surface area (TPSA) is 88.6 Å². The van der Waals surface area contributed by atoms with Crippen LogP contribution in [0.1, 0.15) is 65.9 Å². The van der Waals surface area contributed by atoms with Crippen molar-refractivity contribution in [3.63, 3.8) is 0 Å². The lowest BCUT2D eigenvalue weighted by atomic mass is 10.00. The van der Waals surface area contributed by atoms with Crippen LogP contribution in [0.25, 0.3) is 0 Å². The van der Waals surface area contributed by atoms with Crippen molar-refractivity contribution in [2.75, 3.05) is 48.4 Å². The van der Waals surface area contributed by atoms with E-state index in [0.29, 0.717) is 43.4 Å². The van der Waals surface area contributed by atoms with Gasteiger partial charge in [0.15, 0.2) is 0 Å². The van der Waals surface area contributed by atoms with Crippen LogP contribution in [0.4, 0.5) is 35.2 Å². The average Bonchev–Trinajstić information content (AvgIpc) is 3.72. The third kappa shape index (κ3) is 8.82. The van der Waals surface area contributed by atoms with Crippen molar-refractivity contribution in [3.8, 4) is 0 Å². The third-order valence-electron chi connectivity index (χ3n) is 7.59. The number of benzene rings is 1. The van der Waals surface area contributed by atoms with Crippen molar-refractivity contribution in [2.24, 2.45) is 5.92 Å². The van der Waals surface area contributed by atoms with Gasteiger partial charge in [-0.05, 0) is 67.9 Å². The molecule has 1 aliphatic heterocycles. The quantitative estimate of drug-likeness (QED) is 0.221. The Hall–Kier alpha value is -3.38. The Morgan fingerprint density at radius 1 is 1.14 bits per heavy atom. The highest BCUT2D eigenvalue weighted by Gasteiger charge is 2.32.